The van der Waals surface area contributed by atoms with Gasteiger partial charge in [0, 0.05) is 0 Å². The molecule has 0 spiro atoms. The molecule has 0 aliphatic heterocycles. The van der Waals surface area contributed by atoms with Crippen molar-refractivity contribution in [2.24, 2.45) is 5.92 Å². The van der Waals surface area contributed by atoms with Crippen molar-refractivity contribution in [2.75, 3.05) is 0 Å². The zero-order valence-electron chi connectivity index (χ0n) is 28.4. The first-order valence-corrected chi connectivity index (χ1v) is 23.9. The Kier molecular flexibility index (Phi) is 8.63. The molecule has 0 heterocycles. The Morgan fingerprint density at radius 1 is 0.750 bits per heavy atom. The number of benzene rings is 4. The van der Waals surface area contributed by atoms with Gasteiger partial charge in [-0.3, -0.25) is 0 Å². The fraction of sp³-hybridized carbons (Fsp3) is 0.233. The van der Waals surface area contributed by atoms with Crippen LogP contribution in [0.5, 0.6) is 0 Å². The second-order valence-electron chi connectivity index (χ2n) is 15.4. The summed E-state index contributed by atoms with van der Waals surface area (Å²) in [5.74, 6) is 0.248. The van der Waals surface area contributed by atoms with Crippen LogP contribution in [-0.2, 0) is 35.5 Å². The first-order chi connectivity index (χ1) is 21.7. The van der Waals surface area contributed by atoms with Crippen LogP contribution in [0, 0.1) is 5.92 Å². The summed E-state index contributed by atoms with van der Waals surface area (Å²) >= 11 is 8.76. The van der Waals surface area contributed by atoms with Crippen molar-refractivity contribution < 1.29 is 18.3 Å². The molecule has 0 fully saturated rings. The van der Waals surface area contributed by atoms with Crippen molar-refractivity contribution in [1.29, 1.82) is 0 Å². The minimum atomic E-state index is -4.97. The molecule has 0 saturated heterocycles. The van der Waals surface area contributed by atoms with Crippen molar-refractivity contribution in [2.45, 2.75) is 58.8 Å². The Bertz CT molecular complexity index is 2190. The molecular weight excluding hydrogens is 750 g/mol. The molecule has 5 heteroatoms. The summed E-state index contributed by atoms with van der Waals surface area (Å²) in [7, 11) is 0. The van der Waals surface area contributed by atoms with Gasteiger partial charge >= 0.3 is 287 Å². The summed E-state index contributed by atoms with van der Waals surface area (Å²) in [5, 5.41) is 1.49. The van der Waals surface area contributed by atoms with E-state index >= 15 is 0 Å². The number of allylic oxidation sites excluding steroid dienone is 6. The fourth-order valence-electron chi connectivity index (χ4n) is 9.60. The van der Waals surface area contributed by atoms with Gasteiger partial charge in [-0.1, -0.05) is 0 Å². The van der Waals surface area contributed by atoms with E-state index in [0.29, 0.717) is 0 Å². The van der Waals surface area contributed by atoms with Gasteiger partial charge in [-0.25, -0.2) is 0 Å². The monoisotopic (exact) mass is 788 g/mol. The Hall–Kier alpha value is -2.25. The van der Waals surface area contributed by atoms with Crippen molar-refractivity contribution in [3.8, 4) is 11.1 Å². The minimum absolute atomic E-state index is 0. The molecule has 8 rings (SSSR count). The van der Waals surface area contributed by atoms with Crippen molar-refractivity contribution in [3.63, 3.8) is 0 Å². The number of halogens is 4. The first-order valence-electron chi connectivity index (χ1n) is 16.4. The maximum absolute atomic E-state index is 6.87. The molecule has 1 atom stereocenters. The van der Waals surface area contributed by atoms with Gasteiger partial charge < -0.3 is 0 Å². The van der Waals surface area contributed by atoms with Crippen LogP contribution in [0.1, 0.15) is 74.9 Å². The molecule has 4 aliphatic carbocycles. The number of hydrogen-bond donors (Lipinski definition) is 0. The van der Waals surface area contributed by atoms with Crippen molar-refractivity contribution in [1.82, 2.24) is 0 Å². The molecule has 246 valence electrons. The van der Waals surface area contributed by atoms with E-state index in [9.17, 15) is 0 Å². The zero-order chi connectivity index (χ0) is 32.4. The average molecular weight is 792 g/mol. The molecule has 1 unspecified atom stereocenters. The topological polar surface area (TPSA) is 0 Å². The third-order valence-electron chi connectivity index (χ3n) is 11.8. The van der Waals surface area contributed by atoms with E-state index in [2.05, 4.69) is 133 Å². The molecule has 0 saturated carbocycles. The van der Waals surface area contributed by atoms with Crippen LogP contribution < -0.4 is 6.54 Å². The van der Waals surface area contributed by atoms with E-state index in [0.717, 1.165) is 16.5 Å². The van der Waals surface area contributed by atoms with E-state index in [1.807, 2.05) is 12.1 Å². The van der Waals surface area contributed by atoms with Gasteiger partial charge in [-0.2, -0.15) is 0 Å². The van der Waals surface area contributed by atoms with E-state index in [4.69, 9.17) is 27.4 Å². The molecule has 4 aromatic rings. The summed E-state index contributed by atoms with van der Waals surface area (Å²) in [5.41, 5.74) is 12.3. The predicted octanol–water partition coefficient (Wildman–Crippen LogP) is 11.6. The standard InChI is InChI=1S/C23H21.C7H9.2C6H4Cl.CH2.2ClH.Zr/c1-22(2)7-5-14-10-18-16(12-20(14)22)9-17-13-21-15(11-19(17)18)6-8-23(21,3)4;1-6-3-4-7(2)5-6;2*7-6-4-2-1-3-5-6;;;;/h5-7,10-13H,9H2,1-4H3;3,5,7H,1-2H3;2*1-2,4-5H;1H2;2*1H;. The predicted molar refractivity (Wildman–Crippen MR) is 213 cm³/mol. The molecule has 4 aliphatic rings. The molecule has 48 heavy (non-hydrogen) atoms. The van der Waals surface area contributed by atoms with Gasteiger partial charge in [0.15, 0.2) is 0 Å². The third-order valence-corrected chi connectivity index (χ3v) is 29.5. The third kappa shape index (κ3) is 4.75. The summed E-state index contributed by atoms with van der Waals surface area (Å²) < 4.78 is 11.0. The molecule has 4 aromatic carbocycles. The van der Waals surface area contributed by atoms with Crippen LogP contribution in [0.15, 0.2) is 103 Å². The molecule has 0 aromatic heterocycles. The summed E-state index contributed by atoms with van der Waals surface area (Å²) in [6, 6.07) is 27.1. The second kappa shape index (κ2) is 11.7. The normalized spacial score (nSPS) is 19.3. The Morgan fingerprint density at radius 3 is 1.85 bits per heavy atom. The van der Waals surface area contributed by atoms with Crippen LogP contribution in [0.2, 0.25) is 10.0 Å². The quantitative estimate of drug-likeness (QED) is 0.170. The molecule has 0 bridgehead atoms. The van der Waals surface area contributed by atoms with Crippen LogP contribution in [0.3, 0.4) is 0 Å². The summed E-state index contributed by atoms with van der Waals surface area (Å²) in [6.07, 6.45) is 13.0. The Morgan fingerprint density at radius 2 is 1.31 bits per heavy atom. The van der Waals surface area contributed by atoms with Crippen LogP contribution in [-0.4, -0.2) is 4.21 Å². The number of hydrogen-bond acceptors (Lipinski definition) is 0. The second-order valence-corrected chi connectivity index (χ2v) is 29.0. The first kappa shape index (κ1) is 35.6. The fourth-order valence-corrected chi connectivity index (χ4v) is 28.7. The molecular formula is C43H42Cl4Zr. The van der Waals surface area contributed by atoms with Gasteiger partial charge in [0.2, 0.25) is 0 Å². The zero-order valence-corrected chi connectivity index (χ0v) is 34.0. The van der Waals surface area contributed by atoms with E-state index in [1.54, 1.807) is 0 Å². The Balaban J connectivity index is 0.00000201. The Labute approximate surface area is 309 Å². The molecule has 0 radical (unpaired) electrons. The van der Waals surface area contributed by atoms with Gasteiger partial charge in [-0.15, -0.1) is 24.8 Å². The van der Waals surface area contributed by atoms with E-state index in [-0.39, 0.29) is 41.6 Å². The number of rotatable bonds is 4. The summed E-state index contributed by atoms with van der Waals surface area (Å²) in [4.78, 5) is 0. The van der Waals surface area contributed by atoms with Gasteiger partial charge in [-0.05, 0) is 0 Å². The van der Waals surface area contributed by atoms with Crippen molar-refractivity contribution in [3.05, 3.63) is 147 Å². The maximum atomic E-state index is 6.87. The van der Waals surface area contributed by atoms with Gasteiger partial charge in [0.05, 0.1) is 0 Å². The SMILES string of the molecule is Cl.Cl.[CH2]=[Zr]([C]1=CC(C)=CC1C)([C]1=Cc2cc3c(cc2C1(C)C)Cc1cc2c(cc1-3)C=CC2(C)C)([c]1cccc(Cl)c1)[c]1cccc(Cl)c1. The van der Waals surface area contributed by atoms with Gasteiger partial charge in [0.25, 0.3) is 0 Å². The number of fused-ring (bicyclic) bond motifs is 5. The van der Waals surface area contributed by atoms with Gasteiger partial charge in [0.1, 0.15) is 0 Å². The van der Waals surface area contributed by atoms with Crippen LogP contribution in [0.4, 0.5) is 0 Å². The van der Waals surface area contributed by atoms with E-state index < -0.39 is 18.3 Å². The molecule has 0 N–H and O–H groups in total. The molecule has 0 amide bonds. The van der Waals surface area contributed by atoms with E-state index in [1.165, 1.54) is 63.2 Å². The van der Waals surface area contributed by atoms with Crippen LogP contribution in [0.25, 0.3) is 23.3 Å². The molecule has 0 nitrogen and oxygen atoms in total. The van der Waals surface area contributed by atoms with Crippen LogP contribution >= 0.6 is 48.0 Å². The average Bonchev–Trinajstić information content (AvgIpc) is 3.71. The summed E-state index contributed by atoms with van der Waals surface area (Å²) in [6.45, 7) is 14.0. The van der Waals surface area contributed by atoms with Crippen molar-refractivity contribution >= 4 is 70.9 Å².